The first-order valence-electron chi connectivity index (χ1n) is 7.75. The van der Waals surface area contributed by atoms with Gasteiger partial charge >= 0.3 is 0 Å². The van der Waals surface area contributed by atoms with Crippen molar-refractivity contribution < 1.29 is 0 Å². The molecule has 0 saturated carbocycles. The van der Waals surface area contributed by atoms with Gasteiger partial charge in [-0.2, -0.15) is 0 Å². The summed E-state index contributed by atoms with van der Waals surface area (Å²) in [4.78, 5) is 8.17. The fourth-order valence-electron chi connectivity index (χ4n) is 3.33. The second-order valence-corrected chi connectivity index (χ2v) is 5.82. The molecule has 23 heavy (non-hydrogen) atoms. The van der Waals surface area contributed by atoms with Crippen molar-refractivity contribution in [1.29, 1.82) is 0 Å². The van der Waals surface area contributed by atoms with Crippen LogP contribution < -0.4 is 0 Å². The van der Waals surface area contributed by atoms with Crippen LogP contribution in [-0.2, 0) is 0 Å². The van der Waals surface area contributed by atoms with E-state index >= 15 is 0 Å². The number of hydrogen-bond donors (Lipinski definition) is 1. The predicted octanol–water partition coefficient (Wildman–Crippen LogP) is 5.54. The lowest BCUT2D eigenvalue weighted by molar-refractivity contribution is 1.41. The van der Waals surface area contributed by atoms with E-state index in [2.05, 4.69) is 70.6 Å². The number of pyridine rings is 1. The first-order valence-corrected chi connectivity index (χ1v) is 7.75. The zero-order valence-electron chi connectivity index (χ0n) is 12.5. The first kappa shape index (κ1) is 12.4. The standard InChI is InChI=1S/C21H14N2/c1-3-10-19-14(6-1)12-15(13-22-19)16-8-5-9-18-17-7-2-4-11-20(17)23-21(16)18/h1-13,23H. The predicted molar refractivity (Wildman–Crippen MR) is 96.5 cm³/mol. The van der Waals surface area contributed by atoms with Crippen LogP contribution >= 0.6 is 0 Å². The van der Waals surface area contributed by atoms with E-state index in [1.165, 1.54) is 27.4 Å². The van der Waals surface area contributed by atoms with Gasteiger partial charge in [-0.1, -0.05) is 54.6 Å². The molecule has 0 bridgehead atoms. The second kappa shape index (κ2) is 4.68. The van der Waals surface area contributed by atoms with Gasteiger partial charge < -0.3 is 4.98 Å². The molecule has 0 radical (unpaired) electrons. The Hall–Kier alpha value is -3.13. The Morgan fingerprint density at radius 3 is 2.57 bits per heavy atom. The molecule has 0 fully saturated rings. The topological polar surface area (TPSA) is 28.7 Å². The van der Waals surface area contributed by atoms with Gasteiger partial charge in [0.15, 0.2) is 0 Å². The van der Waals surface area contributed by atoms with E-state index < -0.39 is 0 Å². The number of para-hydroxylation sites is 3. The van der Waals surface area contributed by atoms with Crippen LogP contribution in [0.25, 0.3) is 43.8 Å². The van der Waals surface area contributed by atoms with Gasteiger partial charge in [-0.3, -0.25) is 4.98 Å². The molecule has 2 nitrogen and oxygen atoms in total. The first-order chi connectivity index (χ1) is 11.4. The summed E-state index contributed by atoms with van der Waals surface area (Å²) < 4.78 is 0. The van der Waals surface area contributed by atoms with Crippen LogP contribution in [0.15, 0.2) is 79.0 Å². The molecule has 0 aliphatic rings. The Labute approximate surface area is 133 Å². The Bertz CT molecular complexity index is 1170. The fraction of sp³-hybridized carbons (Fsp3) is 0. The van der Waals surface area contributed by atoms with Crippen LogP contribution in [0.1, 0.15) is 0 Å². The minimum Gasteiger partial charge on any atom is -0.354 e. The third-order valence-corrected chi connectivity index (χ3v) is 4.44. The van der Waals surface area contributed by atoms with Crippen LogP contribution in [0.4, 0.5) is 0 Å². The van der Waals surface area contributed by atoms with Gasteiger partial charge in [0.05, 0.1) is 11.0 Å². The molecule has 3 aromatic carbocycles. The molecule has 108 valence electrons. The number of nitrogens with zero attached hydrogens (tertiary/aromatic N) is 1. The minimum absolute atomic E-state index is 1.03. The maximum Gasteiger partial charge on any atom is 0.0702 e. The zero-order chi connectivity index (χ0) is 15.2. The van der Waals surface area contributed by atoms with Crippen LogP contribution in [0.3, 0.4) is 0 Å². The Balaban J connectivity index is 1.84. The number of rotatable bonds is 1. The van der Waals surface area contributed by atoms with Crippen LogP contribution in [0.2, 0.25) is 0 Å². The molecule has 0 saturated heterocycles. The summed E-state index contributed by atoms with van der Waals surface area (Å²) in [7, 11) is 0. The molecule has 2 heterocycles. The van der Waals surface area contributed by atoms with Crippen LogP contribution in [0.5, 0.6) is 0 Å². The lowest BCUT2D eigenvalue weighted by Gasteiger charge is -2.05. The quantitative estimate of drug-likeness (QED) is 0.432. The van der Waals surface area contributed by atoms with Crippen molar-refractivity contribution in [2.24, 2.45) is 0 Å². The molecular weight excluding hydrogens is 280 g/mol. The van der Waals surface area contributed by atoms with Gasteiger partial charge in [-0.15, -0.1) is 0 Å². The molecule has 2 heteroatoms. The summed E-state index contributed by atoms with van der Waals surface area (Å²) in [5, 5.41) is 3.68. The van der Waals surface area contributed by atoms with Crippen molar-refractivity contribution in [2.75, 3.05) is 0 Å². The summed E-state index contributed by atoms with van der Waals surface area (Å²) in [6, 6.07) is 25.3. The lowest BCUT2D eigenvalue weighted by atomic mass is 10.0. The van der Waals surface area contributed by atoms with Crippen molar-refractivity contribution in [3.05, 3.63) is 79.0 Å². The summed E-state index contributed by atoms with van der Waals surface area (Å²) in [6.45, 7) is 0. The monoisotopic (exact) mass is 294 g/mol. The van der Waals surface area contributed by atoms with Gasteiger partial charge in [0, 0.05) is 39.0 Å². The van der Waals surface area contributed by atoms with Crippen molar-refractivity contribution >= 4 is 32.7 Å². The van der Waals surface area contributed by atoms with Gasteiger partial charge in [-0.25, -0.2) is 0 Å². The van der Waals surface area contributed by atoms with Gasteiger partial charge in [-0.05, 0) is 18.2 Å². The van der Waals surface area contributed by atoms with E-state index in [4.69, 9.17) is 0 Å². The maximum atomic E-state index is 4.60. The zero-order valence-corrected chi connectivity index (χ0v) is 12.5. The Morgan fingerprint density at radius 1 is 0.739 bits per heavy atom. The average Bonchev–Trinajstić information content (AvgIpc) is 3.00. The van der Waals surface area contributed by atoms with E-state index in [0.717, 1.165) is 16.5 Å². The van der Waals surface area contributed by atoms with E-state index in [-0.39, 0.29) is 0 Å². The van der Waals surface area contributed by atoms with Crippen LogP contribution in [0, 0.1) is 0 Å². The van der Waals surface area contributed by atoms with Gasteiger partial charge in [0.2, 0.25) is 0 Å². The molecule has 5 aromatic rings. The highest BCUT2D eigenvalue weighted by atomic mass is 14.7. The van der Waals surface area contributed by atoms with Crippen molar-refractivity contribution in [2.45, 2.75) is 0 Å². The Kier molecular flexibility index (Phi) is 2.53. The molecule has 2 aromatic heterocycles. The van der Waals surface area contributed by atoms with E-state index in [0.29, 0.717) is 0 Å². The number of H-pyrrole nitrogens is 1. The van der Waals surface area contributed by atoms with Crippen molar-refractivity contribution in [3.8, 4) is 11.1 Å². The molecule has 0 spiro atoms. The number of aromatic nitrogens is 2. The largest absolute Gasteiger partial charge is 0.354 e. The summed E-state index contributed by atoms with van der Waals surface area (Å²) in [5.74, 6) is 0. The second-order valence-electron chi connectivity index (χ2n) is 5.82. The summed E-state index contributed by atoms with van der Waals surface area (Å²) in [5.41, 5.74) is 5.70. The molecule has 0 unspecified atom stereocenters. The number of benzene rings is 3. The number of aromatic amines is 1. The highest BCUT2D eigenvalue weighted by Gasteiger charge is 2.09. The van der Waals surface area contributed by atoms with Crippen molar-refractivity contribution in [1.82, 2.24) is 9.97 Å². The Morgan fingerprint density at radius 2 is 1.57 bits per heavy atom. The number of hydrogen-bond acceptors (Lipinski definition) is 1. The van der Waals surface area contributed by atoms with Crippen molar-refractivity contribution in [3.63, 3.8) is 0 Å². The van der Waals surface area contributed by atoms with E-state index in [1.807, 2.05) is 18.3 Å². The summed E-state index contributed by atoms with van der Waals surface area (Å²) in [6.07, 6.45) is 1.96. The smallest absolute Gasteiger partial charge is 0.0702 e. The maximum absolute atomic E-state index is 4.60. The van der Waals surface area contributed by atoms with Gasteiger partial charge in [0.25, 0.3) is 0 Å². The molecular formula is C21H14N2. The summed E-state index contributed by atoms with van der Waals surface area (Å²) >= 11 is 0. The van der Waals surface area contributed by atoms with Gasteiger partial charge in [0.1, 0.15) is 0 Å². The molecule has 0 aliphatic heterocycles. The van der Waals surface area contributed by atoms with E-state index in [9.17, 15) is 0 Å². The molecule has 5 rings (SSSR count). The third kappa shape index (κ3) is 1.85. The fourth-order valence-corrected chi connectivity index (χ4v) is 3.33. The molecule has 0 atom stereocenters. The SMILES string of the molecule is c1ccc2ncc(-c3cccc4c3[nH]c3ccccc34)cc2c1. The number of fused-ring (bicyclic) bond motifs is 4. The molecule has 1 N–H and O–H groups in total. The number of nitrogens with one attached hydrogen (secondary N) is 1. The minimum atomic E-state index is 1.03. The average molecular weight is 294 g/mol. The molecule has 0 amide bonds. The highest BCUT2D eigenvalue weighted by Crippen LogP contribution is 2.33. The lowest BCUT2D eigenvalue weighted by Crippen LogP contribution is -1.84. The molecule has 0 aliphatic carbocycles. The van der Waals surface area contributed by atoms with E-state index in [1.54, 1.807) is 0 Å². The highest BCUT2D eigenvalue weighted by molar-refractivity contribution is 6.12. The normalized spacial score (nSPS) is 11.5. The third-order valence-electron chi connectivity index (χ3n) is 4.44. The van der Waals surface area contributed by atoms with Crippen LogP contribution in [-0.4, -0.2) is 9.97 Å².